The zero-order valence-electron chi connectivity index (χ0n) is 18.4. The van der Waals surface area contributed by atoms with Gasteiger partial charge in [0.1, 0.15) is 0 Å². The van der Waals surface area contributed by atoms with Crippen LogP contribution in [0.5, 0.6) is 0 Å². The Labute approximate surface area is 189 Å². The van der Waals surface area contributed by atoms with E-state index in [9.17, 15) is 13.2 Å². The molecule has 0 bridgehead atoms. The van der Waals surface area contributed by atoms with Crippen molar-refractivity contribution in [2.24, 2.45) is 5.92 Å². The van der Waals surface area contributed by atoms with E-state index < -0.39 is 10.0 Å². The molecular weight excluding hydrogens is 424 g/mol. The number of hydrogen-bond acceptors (Lipinski definition) is 4. The van der Waals surface area contributed by atoms with E-state index in [2.05, 4.69) is 10.4 Å². The third-order valence-electron chi connectivity index (χ3n) is 6.03. The van der Waals surface area contributed by atoms with Crippen LogP contribution in [0.2, 0.25) is 0 Å². The number of benzene rings is 2. The summed E-state index contributed by atoms with van der Waals surface area (Å²) in [5.41, 5.74) is 3.79. The highest BCUT2D eigenvalue weighted by Gasteiger charge is 2.32. The van der Waals surface area contributed by atoms with Crippen molar-refractivity contribution in [3.63, 3.8) is 0 Å². The molecule has 3 aromatic rings. The van der Waals surface area contributed by atoms with Crippen molar-refractivity contribution in [3.05, 3.63) is 77.6 Å². The highest BCUT2D eigenvalue weighted by molar-refractivity contribution is 7.89. The molecule has 1 saturated heterocycles. The summed E-state index contributed by atoms with van der Waals surface area (Å²) in [5, 5.41) is 7.24. The van der Waals surface area contributed by atoms with E-state index in [4.69, 9.17) is 0 Å². The molecule has 4 rings (SSSR count). The van der Waals surface area contributed by atoms with Gasteiger partial charge < -0.3 is 5.32 Å². The second-order valence-corrected chi connectivity index (χ2v) is 10.3. The molecule has 0 aliphatic carbocycles. The number of rotatable bonds is 6. The molecule has 0 radical (unpaired) electrons. The first-order chi connectivity index (χ1) is 15.3. The van der Waals surface area contributed by atoms with Crippen molar-refractivity contribution in [2.45, 2.75) is 38.1 Å². The van der Waals surface area contributed by atoms with Crippen LogP contribution in [0.4, 0.5) is 5.69 Å². The van der Waals surface area contributed by atoms with Crippen molar-refractivity contribution < 1.29 is 13.2 Å². The highest BCUT2D eigenvalue weighted by Crippen LogP contribution is 2.26. The van der Waals surface area contributed by atoms with Gasteiger partial charge in [0, 0.05) is 25.2 Å². The highest BCUT2D eigenvalue weighted by atomic mass is 32.2. The van der Waals surface area contributed by atoms with E-state index >= 15 is 0 Å². The van der Waals surface area contributed by atoms with Gasteiger partial charge >= 0.3 is 0 Å². The number of carbonyl (C=O) groups excluding carboxylic acids is 1. The predicted molar refractivity (Wildman–Crippen MR) is 124 cm³/mol. The first-order valence-corrected chi connectivity index (χ1v) is 12.2. The monoisotopic (exact) mass is 452 g/mol. The number of sulfonamides is 1. The summed E-state index contributed by atoms with van der Waals surface area (Å²) in [6, 6.07) is 15.2. The van der Waals surface area contributed by atoms with Gasteiger partial charge in [0.15, 0.2) is 0 Å². The molecule has 2 aromatic carbocycles. The SMILES string of the molecule is Cc1ccc(S(=O)(=O)N2CCC(C(=O)Nc3cnn(Cc4ccccc4)c3)CC2)cc1C. The molecular formula is C24H28N4O3S. The van der Waals surface area contributed by atoms with Gasteiger partial charge in [-0.25, -0.2) is 8.42 Å². The van der Waals surface area contributed by atoms with E-state index in [1.807, 2.05) is 56.4 Å². The fourth-order valence-electron chi connectivity index (χ4n) is 3.91. The first-order valence-electron chi connectivity index (χ1n) is 10.8. The van der Waals surface area contributed by atoms with Crippen LogP contribution >= 0.6 is 0 Å². The molecule has 0 unspecified atom stereocenters. The lowest BCUT2D eigenvalue weighted by Crippen LogP contribution is -2.41. The second-order valence-electron chi connectivity index (χ2n) is 8.33. The summed E-state index contributed by atoms with van der Waals surface area (Å²) in [5.74, 6) is -0.314. The van der Waals surface area contributed by atoms with E-state index in [-0.39, 0.29) is 11.8 Å². The summed E-state index contributed by atoms with van der Waals surface area (Å²) in [6.45, 7) is 5.17. The molecule has 32 heavy (non-hydrogen) atoms. The summed E-state index contributed by atoms with van der Waals surface area (Å²) >= 11 is 0. The summed E-state index contributed by atoms with van der Waals surface area (Å²) in [7, 11) is -3.55. The number of aromatic nitrogens is 2. The number of nitrogens with one attached hydrogen (secondary N) is 1. The van der Waals surface area contributed by atoms with Crippen LogP contribution < -0.4 is 5.32 Å². The Bertz CT molecular complexity index is 1200. The topological polar surface area (TPSA) is 84.3 Å². The van der Waals surface area contributed by atoms with Crippen LogP contribution in [0.15, 0.2) is 65.8 Å². The third-order valence-corrected chi connectivity index (χ3v) is 7.92. The lowest BCUT2D eigenvalue weighted by molar-refractivity contribution is -0.120. The maximum atomic E-state index is 13.0. The van der Waals surface area contributed by atoms with Crippen molar-refractivity contribution >= 4 is 21.6 Å². The Morgan fingerprint density at radius 2 is 1.78 bits per heavy atom. The minimum absolute atomic E-state index is 0.0903. The molecule has 1 aromatic heterocycles. The first kappa shape index (κ1) is 22.2. The molecule has 0 atom stereocenters. The zero-order valence-corrected chi connectivity index (χ0v) is 19.2. The molecule has 1 aliphatic heterocycles. The normalized spacial score (nSPS) is 15.6. The Morgan fingerprint density at radius 3 is 2.47 bits per heavy atom. The van der Waals surface area contributed by atoms with E-state index in [1.54, 1.807) is 23.0 Å². The van der Waals surface area contributed by atoms with Gasteiger partial charge in [-0.2, -0.15) is 9.40 Å². The largest absolute Gasteiger partial charge is 0.323 e. The Hall–Kier alpha value is -2.97. The molecule has 8 heteroatoms. The smallest absolute Gasteiger partial charge is 0.243 e. The van der Waals surface area contributed by atoms with Crippen molar-refractivity contribution in [1.29, 1.82) is 0 Å². The molecule has 0 spiro atoms. The van der Waals surface area contributed by atoms with Crippen LogP contribution in [-0.4, -0.2) is 41.5 Å². The number of hydrogen-bond donors (Lipinski definition) is 1. The fourth-order valence-corrected chi connectivity index (χ4v) is 5.47. The number of aryl methyl sites for hydroxylation is 2. The summed E-state index contributed by atoms with van der Waals surface area (Å²) in [4.78, 5) is 13.0. The molecule has 1 amide bonds. The predicted octanol–water partition coefficient (Wildman–Crippen LogP) is 3.59. The average Bonchev–Trinajstić information content (AvgIpc) is 3.23. The summed E-state index contributed by atoms with van der Waals surface area (Å²) in [6.07, 6.45) is 4.44. The van der Waals surface area contributed by atoms with Gasteiger partial charge in [-0.1, -0.05) is 36.4 Å². The van der Waals surface area contributed by atoms with Gasteiger partial charge in [0.25, 0.3) is 0 Å². The van der Waals surface area contributed by atoms with Crippen LogP contribution in [-0.2, 0) is 21.4 Å². The summed E-state index contributed by atoms with van der Waals surface area (Å²) < 4.78 is 29.2. The van der Waals surface area contributed by atoms with Crippen LogP contribution in [0.1, 0.15) is 29.5 Å². The lowest BCUT2D eigenvalue weighted by Gasteiger charge is -2.30. The van der Waals surface area contributed by atoms with Gasteiger partial charge in [-0.05, 0) is 55.5 Å². The number of carbonyl (C=O) groups is 1. The molecule has 7 nitrogen and oxygen atoms in total. The van der Waals surface area contributed by atoms with Crippen molar-refractivity contribution in [3.8, 4) is 0 Å². The van der Waals surface area contributed by atoms with Gasteiger partial charge in [0.2, 0.25) is 15.9 Å². The maximum Gasteiger partial charge on any atom is 0.243 e. The molecule has 1 aliphatic rings. The minimum atomic E-state index is -3.55. The quantitative estimate of drug-likeness (QED) is 0.620. The van der Waals surface area contributed by atoms with Gasteiger partial charge in [0.05, 0.1) is 23.3 Å². The molecule has 168 valence electrons. The third kappa shape index (κ3) is 4.92. The van der Waals surface area contributed by atoms with Crippen LogP contribution in [0.3, 0.4) is 0 Å². The molecule has 1 fully saturated rings. The fraction of sp³-hybridized carbons (Fsp3) is 0.333. The minimum Gasteiger partial charge on any atom is -0.323 e. The number of anilines is 1. The molecule has 0 saturated carbocycles. The Balaban J connectivity index is 1.33. The molecule has 2 heterocycles. The number of nitrogens with zero attached hydrogens (tertiary/aromatic N) is 3. The standard InChI is InChI=1S/C24H28N4O3S/c1-18-8-9-23(14-19(18)2)32(30,31)28-12-10-21(11-13-28)24(29)26-22-15-25-27(17-22)16-20-6-4-3-5-7-20/h3-9,14-15,17,21H,10-13,16H2,1-2H3,(H,26,29). The van der Waals surface area contributed by atoms with Crippen molar-refractivity contribution in [2.75, 3.05) is 18.4 Å². The van der Waals surface area contributed by atoms with E-state index in [0.717, 1.165) is 16.7 Å². The van der Waals surface area contributed by atoms with Crippen LogP contribution in [0, 0.1) is 19.8 Å². The van der Waals surface area contributed by atoms with Crippen LogP contribution in [0.25, 0.3) is 0 Å². The van der Waals surface area contributed by atoms with E-state index in [0.29, 0.717) is 43.1 Å². The Kier molecular flexibility index (Phi) is 6.43. The number of amides is 1. The second kappa shape index (κ2) is 9.26. The Morgan fingerprint density at radius 1 is 1.06 bits per heavy atom. The van der Waals surface area contributed by atoms with Crippen molar-refractivity contribution in [1.82, 2.24) is 14.1 Å². The van der Waals surface area contributed by atoms with E-state index in [1.165, 1.54) is 4.31 Å². The zero-order chi connectivity index (χ0) is 22.7. The molecule has 1 N–H and O–H groups in total. The number of piperidine rings is 1. The van der Waals surface area contributed by atoms with Gasteiger partial charge in [-0.15, -0.1) is 0 Å². The van der Waals surface area contributed by atoms with Gasteiger partial charge in [-0.3, -0.25) is 9.48 Å². The lowest BCUT2D eigenvalue weighted by atomic mass is 9.97. The average molecular weight is 453 g/mol. The maximum absolute atomic E-state index is 13.0.